The van der Waals surface area contributed by atoms with E-state index in [1.807, 2.05) is 0 Å². The van der Waals surface area contributed by atoms with Gasteiger partial charge in [0.2, 0.25) is 0 Å². The molecule has 0 saturated carbocycles. The molecule has 0 spiro atoms. The van der Waals surface area contributed by atoms with Gasteiger partial charge in [-0.3, -0.25) is 0 Å². The molecule has 2 nitrogen and oxygen atoms in total. The van der Waals surface area contributed by atoms with Crippen LogP contribution in [0.4, 0.5) is 26.3 Å². The Morgan fingerprint density at radius 2 is 1.00 bits per heavy atom. The topological polar surface area (TPSA) is 46.1 Å². The van der Waals surface area contributed by atoms with Gasteiger partial charge >= 0.3 is 40.5 Å². The summed E-state index contributed by atoms with van der Waals surface area (Å²) in [6.07, 6.45) is -8.35. The predicted octanol–water partition coefficient (Wildman–Crippen LogP) is 4.57. The molecule has 2 aromatic carbocycles. The van der Waals surface area contributed by atoms with Gasteiger partial charge in [0.15, 0.2) is 0 Å². The SMILES string of the molecule is C=C(C)[O-].C=C(C)[O-].FC(F)(F)c1cc[cH-]c1.FC(F)(F)c1cc[cH-]c1.[CH2]=[Hf+2]. The standard InChI is InChI=1S/2C6H4F3.2C3H6O.CH2.Hf/c2*7-6(8,9)5-3-1-2-4-5;2*1-3(2)4;;/h2*1-4H;2*4H,1H2,2H3;1H2;/q2*-1;;;;+2/p-2. The second-order valence-corrected chi connectivity index (χ2v) is 4.75. The van der Waals surface area contributed by atoms with E-state index in [2.05, 4.69) is 17.4 Å². The van der Waals surface area contributed by atoms with E-state index in [1.54, 1.807) is 0 Å². The Balaban J connectivity index is -0.000000309. The third-order valence-corrected chi connectivity index (χ3v) is 1.98. The molecule has 0 bridgehead atoms. The van der Waals surface area contributed by atoms with Crippen LogP contribution >= 0.6 is 0 Å². The molecular weight excluding hydrogens is 553 g/mol. The van der Waals surface area contributed by atoms with Crippen LogP contribution in [0, 0.1) is 0 Å². The molecule has 0 aromatic heterocycles. The molecule has 0 fully saturated rings. The molecule has 0 atom stereocenters. The zero-order valence-electron chi connectivity index (χ0n) is 15.3. The van der Waals surface area contributed by atoms with Crippen molar-refractivity contribution in [1.29, 1.82) is 0 Å². The van der Waals surface area contributed by atoms with Crippen LogP contribution in [0.15, 0.2) is 73.2 Å². The normalized spacial score (nSPS) is 9.64. The van der Waals surface area contributed by atoms with Gasteiger partial charge in [0.25, 0.3) is 0 Å². The van der Waals surface area contributed by atoms with Crippen molar-refractivity contribution in [2.24, 2.45) is 0 Å². The summed E-state index contributed by atoms with van der Waals surface area (Å²) in [7, 11) is 0. The van der Waals surface area contributed by atoms with E-state index >= 15 is 0 Å². The van der Waals surface area contributed by atoms with E-state index in [0.717, 1.165) is 48.2 Å². The molecule has 0 radical (unpaired) electrons. The summed E-state index contributed by atoms with van der Waals surface area (Å²) < 4.78 is 73.1. The first kappa shape index (κ1) is 30.8. The summed E-state index contributed by atoms with van der Waals surface area (Å²) in [5.74, 6) is -0.167. The molecule has 0 aliphatic heterocycles. The Bertz CT molecular complexity index is 562. The fourth-order valence-corrected chi connectivity index (χ4v) is 1.13. The van der Waals surface area contributed by atoms with Crippen LogP contribution in [-0.2, 0) is 36.2 Å². The summed E-state index contributed by atoms with van der Waals surface area (Å²) in [6.45, 7) is 8.83. The van der Waals surface area contributed by atoms with Crippen molar-refractivity contribution in [3.05, 3.63) is 84.3 Å². The summed E-state index contributed by atoms with van der Waals surface area (Å²) in [5.41, 5.74) is -1.16. The molecular formula is C19H20F6HfO2-2. The van der Waals surface area contributed by atoms with Gasteiger partial charge in [-0.2, -0.15) is 62.7 Å². The molecule has 2 aromatic rings. The van der Waals surface area contributed by atoms with Crippen molar-refractivity contribution in [2.75, 3.05) is 0 Å². The van der Waals surface area contributed by atoms with Gasteiger partial charge in [-0.15, -0.1) is 24.7 Å². The fraction of sp³-hybridized carbons (Fsp3) is 0.211. The predicted molar refractivity (Wildman–Crippen MR) is 90.8 cm³/mol. The number of rotatable bonds is 0. The number of alkyl halides is 6. The monoisotopic (exact) mass is 574 g/mol. The van der Waals surface area contributed by atoms with Crippen LogP contribution in [0.3, 0.4) is 0 Å². The molecule has 0 N–H and O–H groups in total. The third-order valence-electron chi connectivity index (χ3n) is 1.98. The van der Waals surface area contributed by atoms with Gasteiger partial charge in [0.05, 0.1) is 0 Å². The van der Waals surface area contributed by atoms with Gasteiger partial charge < -0.3 is 10.2 Å². The second-order valence-electron chi connectivity index (χ2n) is 4.75. The average molecular weight is 573 g/mol. The minimum absolute atomic E-state index is 0.0833. The first-order valence-electron chi connectivity index (χ1n) is 7.26. The van der Waals surface area contributed by atoms with Crippen molar-refractivity contribution in [3.63, 3.8) is 0 Å². The molecule has 0 aliphatic carbocycles. The number of hydrogen-bond acceptors (Lipinski definition) is 2. The van der Waals surface area contributed by atoms with E-state index in [1.165, 1.54) is 38.1 Å². The Kier molecular flexibility index (Phi) is 17.7. The van der Waals surface area contributed by atoms with Crippen LogP contribution in [0.5, 0.6) is 0 Å². The molecule has 0 heterocycles. The van der Waals surface area contributed by atoms with Crippen molar-refractivity contribution >= 4 is 4.26 Å². The first-order valence-corrected chi connectivity index (χ1v) is 9.80. The van der Waals surface area contributed by atoms with E-state index in [0.29, 0.717) is 0 Å². The Labute approximate surface area is 175 Å². The Hall–Kier alpha value is -1.90. The average Bonchev–Trinajstić information content (AvgIpc) is 3.22. The van der Waals surface area contributed by atoms with Crippen LogP contribution in [0.2, 0.25) is 0 Å². The number of hydrogen-bond donors (Lipinski definition) is 0. The van der Waals surface area contributed by atoms with Gasteiger partial charge in [0, 0.05) is 0 Å². The summed E-state index contributed by atoms with van der Waals surface area (Å²) >= 11 is 1.06. The molecule has 0 aliphatic rings. The van der Waals surface area contributed by atoms with E-state index in [4.69, 9.17) is 0 Å². The van der Waals surface area contributed by atoms with Crippen molar-refractivity contribution in [1.82, 2.24) is 0 Å². The molecule has 0 amide bonds. The summed E-state index contributed by atoms with van der Waals surface area (Å²) in [4.78, 5) is 0. The Morgan fingerprint density at radius 1 is 0.786 bits per heavy atom. The van der Waals surface area contributed by atoms with Crippen LogP contribution in [-0.4, -0.2) is 4.26 Å². The summed E-state index contributed by atoms with van der Waals surface area (Å²) in [5, 5.41) is 18.7. The van der Waals surface area contributed by atoms with Crippen LogP contribution in [0.25, 0.3) is 0 Å². The van der Waals surface area contributed by atoms with Crippen molar-refractivity contribution in [3.8, 4) is 0 Å². The van der Waals surface area contributed by atoms with E-state index < -0.39 is 23.5 Å². The van der Waals surface area contributed by atoms with E-state index in [-0.39, 0.29) is 11.5 Å². The molecule has 156 valence electrons. The van der Waals surface area contributed by atoms with Crippen molar-refractivity contribution < 1.29 is 60.4 Å². The van der Waals surface area contributed by atoms with Crippen molar-refractivity contribution in [2.45, 2.75) is 26.2 Å². The minimum atomic E-state index is -4.18. The maximum absolute atomic E-state index is 11.6. The van der Waals surface area contributed by atoms with Gasteiger partial charge in [0.1, 0.15) is 0 Å². The zero-order valence-corrected chi connectivity index (χ0v) is 18.9. The van der Waals surface area contributed by atoms with Gasteiger partial charge in [-0.25, -0.2) is 12.1 Å². The molecule has 0 saturated heterocycles. The molecule has 9 heteroatoms. The zero-order chi connectivity index (χ0) is 23.0. The maximum atomic E-state index is 11.6. The number of halogens is 6. The third kappa shape index (κ3) is 22.1. The summed E-state index contributed by atoms with van der Waals surface area (Å²) in [6, 6.07) is 9.62. The second kappa shape index (κ2) is 16.1. The number of allylic oxidation sites excluding steroid dienone is 2. The fourth-order valence-electron chi connectivity index (χ4n) is 1.13. The molecule has 0 unspecified atom stereocenters. The molecule has 2 rings (SSSR count). The van der Waals surface area contributed by atoms with E-state index in [9.17, 15) is 36.6 Å². The Morgan fingerprint density at radius 3 is 1.07 bits per heavy atom. The van der Waals surface area contributed by atoms with Gasteiger partial charge in [-0.1, -0.05) is 25.0 Å². The quantitative estimate of drug-likeness (QED) is 0.201. The first-order chi connectivity index (χ1) is 12.7. The van der Waals surface area contributed by atoms with Gasteiger partial charge in [-0.05, 0) is 0 Å². The molecule has 28 heavy (non-hydrogen) atoms. The van der Waals surface area contributed by atoms with Crippen LogP contribution in [0.1, 0.15) is 25.0 Å². The van der Waals surface area contributed by atoms with Crippen LogP contribution < -0.4 is 10.2 Å².